The first-order chi connectivity index (χ1) is 16.3. The Hall–Kier alpha value is -3.72. The molecule has 0 aliphatic carbocycles. The number of rotatable bonds is 4. The first-order valence-corrected chi connectivity index (χ1v) is 11.0. The lowest BCUT2D eigenvalue weighted by Gasteiger charge is -2.26. The summed E-state index contributed by atoms with van der Waals surface area (Å²) in [5, 5.41) is 10.3. The van der Waals surface area contributed by atoms with Crippen molar-refractivity contribution < 1.29 is 27.8 Å². The summed E-state index contributed by atoms with van der Waals surface area (Å²) in [4.78, 5) is 28.4. The van der Waals surface area contributed by atoms with Crippen molar-refractivity contribution in [3.05, 3.63) is 103 Å². The monoisotopic (exact) mass is 527 g/mol. The third-order valence-electron chi connectivity index (χ3n) is 5.78. The van der Waals surface area contributed by atoms with E-state index in [1.54, 1.807) is 6.07 Å². The Morgan fingerprint density at radius 1 is 1.06 bits per heavy atom. The van der Waals surface area contributed by atoms with E-state index in [0.29, 0.717) is 15.6 Å². The summed E-state index contributed by atoms with van der Waals surface area (Å²) in [6, 6.07) is 11.3. The first-order valence-electron chi connectivity index (χ1n) is 10.2. The molecule has 34 heavy (non-hydrogen) atoms. The van der Waals surface area contributed by atoms with Crippen molar-refractivity contribution in [1.29, 1.82) is 0 Å². The SMILES string of the molecule is COc1cc([C@H]2c3c(oc4ccc(F)cc4c3=O)C(=O)N2Cc2ccc(F)cc2)cc(Br)c1O. The van der Waals surface area contributed by atoms with Crippen LogP contribution in [0.25, 0.3) is 11.0 Å². The van der Waals surface area contributed by atoms with Gasteiger partial charge in [0.15, 0.2) is 16.9 Å². The molecule has 0 saturated heterocycles. The minimum absolute atomic E-state index is 0.00462. The Kier molecular flexibility index (Phi) is 5.36. The Balaban J connectivity index is 1.76. The quantitative estimate of drug-likeness (QED) is 0.390. The minimum atomic E-state index is -0.928. The highest BCUT2D eigenvalue weighted by Gasteiger charge is 2.43. The molecule has 0 unspecified atom stereocenters. The number of nitrogens with zero attached hydrogens (tertiary/aromatic N) is 1. The van der Waals surface area contributed by atoms with Gasteiger partial charge in [0.1, 0.15) is 17.2 Å². The van der Waals surface area contributed by atoms with Gasteiger partial charge in [-0.05, 0) is 69.5 Å². The molecule has 1 aromatic heterocycles. The molecule has 0 bridgehead atoms. The Labute approximate surface area is 200 Å². The number of hydrogen-bond donors (Lipinski definition) is 1. The summed E-state index contributed by atoms with van der Waals surface area (Å²) in [6.45, 7) is 0.0406. The van der Waals surface area contributed by atoms with Gasteiger partial charge in [-0.1, -0.05) is 12.1 Å². The van der Waals surface area contributed by atoms with Crippen LogP contribution in [-0.4, -0.2) is 23.0 Å². The molecule has 1 N–H and O–H groups in total. The van der Waals surface area contributed by atoms with Crippen LogP contribution < -0.4 is 10.2 Å². The van der Waals surface area contributed by atoms with Gasteiger partial charge in [0, 0.05) is 6.54 Å². The van der Waals surface area contributed by atoms with E-state index < -0.39 is 29.0 Å². The largest absolute Gasteiger partial charge is 0.503 e. The summed E-state index contributed by atoms with van der Waals surface area (Å²) in [5.41, 5.74) is 0.674. The summed E-state index contributed by atoms with van der Waals surface area (Å²) < 4.78 is 38.7. The summed E-state index contributed by atoms with van der Waals surface area (Å²) in [7, 11) is 1.37. The van der Waals surface area contributed by atoms with E-state index in [2.05, 4.69) is 15.9 Å². The van der Waals surface area contributed by atoms with Crippen molar-refractivity contribution in [3.8, 4) is 11.5 Å². The van der Waals surface area contributed by atoms with Gasteiger partial charge in [0.2, 0.25) is 5.76 Å². The van der Waals surface area contributed by atoms with Crippen molar-refractivity contribution in [1.82, 2.24) is 4.90 Å². The van der Waals surface area contributed by atoms with E-state index in [4.69, 9.17) is 9.15 Å². The molecule has 9 heteroatoms. The van der Waals surface area contributed by atoms with Gasteiger partial charge in [-0.2, -0.15) is 0 Å². The highest BCUT2D eigenvalue weighted by atomic mass is 79.9. The normalized spacial score (nSPS) is 15.1. The van der Waals surface area contributed by atoms with Crippen molar-refractivity contribution in [2.45, 2.75) is 12.6 Å². The number of benzene rings is 3. The van der Waals surface area contributed by atoms with Gasteiger partial charge < -0.3 is 19.2 Å². The van der Waals surface area contributed by atoms with Gasteiger partial charge in [0.25, 0.3) is 5.91 Å². The Morgan fingerprint density at radius 2 is 1.76 bits per heavy atom. The smallest absolute Gasteiger partial charge is 0.291 e. The molecule has 2 heterocycles. The molecular formula is C25H16BrF2NO5. The van der Waals surface area contributed by atoms with Crippen molar-refractivity contribution in [2.75, 3.05) is 7.11 Å². The highest BCUT2D eigenvalue weighted by molar-refractivity contribution is 9.10. The number of fused-ring (bicyclic) bond motifs is 2. The molecule has 6 nitrogen and oxygen atoms in total. The maximum absolute atomic E-state index is 13.9. The molecule has 0 radical (unpaired) electrons. The van der Waals surface area contributed by atoms with E-state index >= 15 is 0 Å². The number of methoxy groups -OCH3 is 1. The van der Waals surface area contributed by atoms with E-state index in [1.165, 1.54) is 48.4 Å². The van der Waals surface area contributed by atoms with Gasteiger partial charge in [-0.3, -0.25) is 9.59 Å². The fraction of sp³-hybridized carbons (Fsp3) is 0.120. The van der Waals surface area contributed by atoms with Crippen LogP contribution in [0, 0.1) is 11.6 Å². The molecule has 0 saturated carbocycles. The second kappa shape index (κ2) is 8.25. The second-order valence-electron chi connectivity index (χ2n) is 7.83. The van der Waals surface area contributed by atoms with Gasteiger partial charge in [0.05, 0.1) is 28.6 Å². The molecule has 1 atom stereocenters. The number of amides is 1. The third-order valence-corrected chi connectivity index (χ3v) is 6.38. The number of aromatic hydroxyl groups is 1. The second-order valence-corrected chi connectivity index (χ2v) is 8.68. The molecule has 0 fully saturated rings. The van der Waals surface area contributed by atoms with E-state index in [-0.39, 0.29) is 40.3 Å². The average molecular weight is 528 g/mol. The first kappa shape index (κ1) is 22.1. The molecule has 172 valence electrons. The third kappa shape index (κ3) is 3.52. The lowest BCUT2D eigenvalue weighted by molar-refractivity contribution is 0.0714. The van der Waals surface area contributed by atoms with Crippen LogP contribution in [0.5, 0.6) is 11.5 Å². The Bertz CT molecular complexity index is 1520. The Morgan fingerprint density at radius 3 is 2.47 bits per heavy atom. The predicted octanol–water partition coefficient (Wildman–Crippen LogP) is 5.29. The molecule has 1 aliphatic rings. The van der Waals surface area contributed by atoms with Crippen LogP contribution in [0.15, 0.2) is 68.3 Å². The molecule has 3 aromatic carbocycles. The topological polar surface area (TPSA) is 80.0 Å². The fourth-order valence-electron chi connectivity index (χ4n) is 4.20. The molecular weight excluding hydrogens is 512 g/mol. The van der Waals surface area contributed by atoms with Crippen LogP contribution in [0.1, 0.15) is 33.3 Å². The van der Waals surface area contributed by atoms with Crippen molar-refractivity contribution in [3.63, 3.8) is 0 Å². The number of carbonyl (C=O) groups excluding carboxylic acids is 1. The standard InChI is InChI=1S/C25H16BrF2NO5/c1-33-19-9-13(8-17(26)23(19)31)21-20-22(30)16-10-15(28)6-7-18(16)34-24(20)25(32)29(21)11-12-2-4-14(27)5-3-12/h2-10,21,31H,11H2,1H3/t21-/m0/s1. The molecule has 1 aliphatic heterocycles. The zero-order chi connectivity index (χ0) is 24.1. The average Bonchev–Trinajstić information content (AvgIpc) is 3.09. The number of phenols is 1. The molecule has 1 amide bonds. The maximum Gasteiger partial charge on any atom is 0.291 e. The number of phenolic OH excluding ortho intramolecular Hbond substituents is 1. The van der Waals surface area contributed by atoms with Crippen LogP contribution >= 0.6 is 15.9 Å². The number of hydrogen-bond acceptors (Lipinski definition) is 5. The molecule has 0 spiro atoms. The summed E-state index contributed by atoms with van der Waals surface area (Å²) in [6.07, 6.45) is 0. The lowest BCUT2D eigenvalue weighted by Crippen LogP contribution is -2.29. The zero-order valence-electron chi connectivity index (χ0n) is 17.6. The molecule has 4 aromatic rings. The van der Waals surface area contributed by atoms with Crippen molar-refractivity contribution in [2.24, 2.45) is 0 Å². The minimum Gasteiger partial charge on any atom is -0.503 e. The van der Waals surface area contributed by atoms with E-state index in [1.807, 2.05) is 0 Å². The van der Waals surface area contributed by atoms with Crippen LogP contribution in [0.4, 0.5) is 8.78 Å². The van der Waals surface area contributed by atoms with E-state index in [0.717, 1.165) is 12.1 Å². The highest BCUT2D eigenvalue weighted by Crippen LogP contribution is 2.44. The zero-order valence-corrected chi connectivity index (χ0v) is 19.2. The van der Waals surface area contributed by atoms with Crippen molar-refractivity contribution >= 4 is 32.8 Å². The molecule has 5 rings (SSSR count). The number of carbonyl (C=O) groups is 1. The number of halogens is 3. The van der Waals surface area contributed by atoms with Crippen LogP contribution in [0.2, 0.25) is 0 Å². The van der Waals surface area contributed by atoms with Crippen LogP contribution in [-0.2, 0) is 6.54 Å². The van der Waals surface area contributed by atoms with E-state index in [9.17, 15) is 23.5 Å². The van der Waals surface area contributed by atoms with Gasteiger partial charge in [-0.25, -0.2) is 8.78 Å². The fourth-order valence-corrected chi connectivity index (χ4v) is 4.66. The van der Waals surface area contributed by atoms with Gasteiger partial charge >= 0.3 is 0 Å². The number of ether oxygens (including phenoxy) is 1. The van der Waals surface area contributed by atoms with Gasteiger partial charge in [-0.15, -0.1) is 0 Å². The maximum atomic E-state index is 13.9. The summed E-state index contributed by atoms with van der Waals surface area (Å²) >= 11 is 3.28. The summed E-state index contributed by atoms with van der Waals surface area (Å²) in [5.74, 6) is -1.75. The lowest BCUT2D eigenvalue weighted by atomic mass is 9.97. The van der Waals surface area contributed by atoms with Crippen LogP contribution in [0.3, 0.4) is 0 Å². The predicted molar refractivity (Wildman–Crippen MR) is 123 cm³/mol.